The van der Waals surface area contributed by atoms with Crippen molar-refractivity contribution < 1.29 is 0 Å². The summed E-state index contributed by atoms with van der Waals surface area (Å²) in [5.74, 6) is 0. The van der Waals surface area contributed by atoms with E-state index < -0.39 is 0 Å². The Bertz CT molecular complexity index is 184. The zero-order valence-electron chi connectivity index (χ0n) is 5.77. The number of halogens is 2. The Labute approximate surface area is 70.7 Å². The number of aliphatic imine (C=N–C) groups is 1. The monoisotopic (exact) mass is 177 g/mol. The van der Waals surface area contributed by atoms with E-state index in [0.29, 0.717) is 0 Å². The molecule has 0 saturated carbocycles. The van der Waals surface area contributed by atoms with Crippen molar-refractivity contribution in [2.24, 2.45) is 4.99 Å². The van der Waals surface area contributed by atoms with Crippen molar-refractivity contribution in [3.05, 3.63) is 11.1 Å². The van der Waals surface area contributed by atoms with Gasteiger partial charge in [0.1, 0.15) is 0 Å². The minimum atomic E-state index is -0.0775. The summed E-state index contributed by atoms with van der Waals surface area (Å²) < 4.78 is 0. The first-order chi connectivity index (χ1) is 4.74. The molecular formula is C7H9Cl2N. The van der Waals surface area contributed by atoms with Crippen LogP contribution in [0.5, 0.6) is 0 Å². The molecule has 0 aliphatic heterocycles. The Hall–Kier alpha value is -0.0100. The Morgan fingerprint density at radius 3 is 2.80 bits per heavy atom. The van der Waals surface area contributed by atoms with Gasteiger partial charge in [-0.3, -0.25) is 4.99 Å². The molecule has 1 rings (SSSR count). The van der Waals surface area contributed by atoms with Crippen LogP contribution in [0, 0.1) is 0 Å². The number of allylic oxidation sites excluding steroid dienone is 2. The Morgan fingerprint density at radius 1 is 1.60 bits per heavy atom. The zero-order valence-corrected chi connectivity index (χ0v) is 7.28. The first-order valence-corrected chi connectivity index (χ1v) is 4.01. The van der Waals surface area contributed by atoms with Gasteiger partial charge in [-0.1, -0.05) is 11.6 Å². The molecule has 1 aliphatic rings. The van der Waals surface area contributed by atoms with Gasteiger partial charge in [0.05, 0.1) is 5.38 Å². The topological polar surface area (TPSA) is 12.4 Å². The largest absolute Gasteiger partial charge is 0.296 e. The van der Waals surface area contributed by atoms with E-state index in [9.17, 15) is 0 Å². The molecule has 0 amide bonds. The van der Waals surface area contributed by atoms with Crippen molar-refractivity contribution in [1.82, 2.24) is 0 Å². The van der Waals surface area contributed by atoms with Crippen LogP contribution >= 0.6 is 23.2 Å². The van der Waals surface area contributed by atoms with Gasteiger partial charge in [0.25, 0.3) is 0 Å². The lowest BCUT2D eigenvalue weighted by atomic mass is 10.1. The lowest BCUT2D eigenvalue weighted by molar-refractivity contribution is 1.00. The maximum atomic E-state index is 5.89. The van der Waals surface area contributed by atoms with Crippen molar-refractivity contribution in [3.63, 3.8) is 0 Å². The van der Waals surface area contributed by atoms with Crippen molar-refractivity contribution in [1.29, 1.82) is 0 Å². The normalized spacial score (nSPS) is 30.5. The standard InChI is InChI=1S/C7H9Cl2N/c1-10-7-3-2-5(8)4-6(7)9/h4,6H,2-3H2,1H3/b10-7+. The van der Waals surface area contributed by atoms with Gasteiger partial charge < -0.3 is 0 Å². The molecule has 1 atom stereocenters. The third-order valence-corrected chi connectivity index (χ3v) is 2.25. The van der Waals surface area contributed by atoms with E-state index >= 15 is 0 Å². The second-order valence-electron chi connectivity index (χ2n) is 2.23. The van der Waals surface area contributed by atoms with E-state index in [1.165, 1.54) is 0 Å². The molecule has 0 aromatic rings. The van der Waals surface area contributed by atoms with Crippen LogP contribution in [0.2, 0.25) is 0 Å². The number of nitrogens with zero attached hydrogens (tertiary/aromatic N) is 1. The molecule has 1 aliphatic carbocycles. The Morgan fingerprint density at radius 2 is 2.30 bits per heavy atom. The summed E-state index contributed by atoms with van der Waals surface area (Å²) in [6.45, 7) is 0. The average Bonchev–Trinajstić information content (AvgIpc) is 1.88. The summed E-state index contributed by atoms with van der Waals surface area (Å²) in [5, 5.41) is 0.777. The van der Waals surface area contributed by atoms with Crippen LogP contribution in [-0.4, -0.2) is 18.1 Å². The smallest absolute Gasteiger partial charge is 0.0908 e. The van der Waals surface area contributed by atoms with Crippen LogP contribution in [0.3, 0.4) is 0 Å². The highest BCUT2D eigenvalue weighted by Gasteiger charge is 2.15. The number of rotatable bonds is 0. The first kappa shape index (κ1) is 8.09. The third-order valence-electron chi connectivity index (χ3n) is 1.55. The van der Waals surface area contributed by atoms with Crippen molar-refractivity contribution in [2.45, 2.75) is 18.2 Å². The first-order valence-electron chi connectivity index (χ1n) is 3.20. The van der Waals surface area contributed by atoms with Crippen molar-refractivity contribution >= 4 is 28.9 Å². The molecule has 0 saturated heterocycles. The second-order valence-corrected chi connectivity index (χ2v) is 3.19. The molecule has 0 heterocycles. The number of hydrogen-bond acceptors (Lipinski definition) is 1. The molecule has 0 spiro atoms. The zero-order chi connectivity index (χ0) is 7.56. The molecule has 1 unspecified atom stereocenters. The van der Waals surface area contributed by atoms with E-state index in [-0.39, 0.29) is 5.38 Å². The van der Waals surface area contributed by atoms with Crippen LogP contribution in [0.15, 0.2) is 16.1 Å². The highest BCUT2D eigenvalue weighted by atomic mass is 35.5. The number of alkyl halides is 1. The van der Waals surface area contributed by atoms with E-state index in [1.807, 2.05) is 6.08 Å². The number of hydrogen-bond donors (Lipinski definition) is 0. The minimum absolute atomic E-state index is 0.0775. The van der Waals surface area contributed by atoms with E-state index in [4.69, 9.17) is 23.2 Å². The van der Waals surface area contributed by atoms with Gasteiger partial charge in [0.15, 0.2) is 0 Å². The second kappa shape index (κ2) is 3.40. The van der Waals surface area contributed by atoms with Gasteiger partial charge in [0, 0.05) is 17.8 Å². The van der Waals surface area contributed by atoms with Crippen molar-refractivity contribution in [2.75, 3.05) is 7.05 Å². The quantitative estimate of drug-likeness (QED) is 0.505. The average molecular weight is 178 g/mol. The van der Waals surface area contributed by atoms with Crippen LogP contribution in [0.25, 0.3) is 0 Å². The summed E-state index contributed by atoms with van der Waals surface area (Å²) in [4.78, 5) is 4.04. The van der Waals surface area contributed by atoms with Gasteiger partial charge in [0.2, 0.25) is 0 Å². The summed E-state index contributed by atoms with van der Waals surface area (Å²) in [7, 11) is 1.76. The molecule has 10 heavy (non-hydrogen) atoms. The maximum Gasteiger partial charge on any atom is 0.0908 e. The summed E-state index contributed by atoms with van der Waals surface area (Å²) >= 11 is 11.6. The lowest BCUT2D eigenvalue weighted by Crippen LogP contribution is -2.16. The van der Waals surface area contributed by atoms with Gasteiger partial charge >= 0.3 is 0 Å². The third kappa shape index (κ3) is 1.74. The van der Waals surface area contributed by atoms with Gasteiger partial charge in [-0.05, 0) is 18.9 Å². The molecule has 0 aromatic carbocycles. The molecule has 0 fully saturated rings. The molecule has 1 nitrogen and oxygen atoms in total. The molecule has 56 valence electrons. The molecule has 0 N–H and O–H groups in total. The summed E-state index contributed by atoms with van der Waals surface area (Å²) in [5.41, 5.74) is 1.03. The van der Waals surface area contributed by atoms with E-state index in [0.717, 1.165) is 23.6 Å². The van der Waals surface area contributed by atoms with E-state index in [2.05, 4.69) is 4.99 Å². The fourth-order valence-corrected chi connectivity index (χ4v) is 1.60. The maximum absolute atomic E-state index is 5.89. The summed E-state index contributed by atoms with van der Waals surface area (Å²) in [6.07, 6.45) is 3.63. The predicted molar refractivity (Wildman–Crippen MR) is 46.2 cm³/mol. The van der Waals surface area contributed by atoms with Crippen LogP contribution < -0.4 is 0 Å². The molecule has 0 bridgehead atoms. The minimum Gasteiger partial charge on any atom is -0.296 e. The van der Waals surface area contributed by atoms with Gasteiger partial charge in [-0.15, -0.1) is 11.6 Å². The highest BCUT2D eigenvalue weighted by molar-refractivity contribution is 6.37. The van der Waals surface area contributed by atoms with E-state index in [1.54, 1.807) is 7.05 Å². The van der Waals surface area contributed by atoms with Crippen LogP contribution in [0.4, 0.5) is 0 Å². The molecule has 0 aromatic heterocycles. The fraction of sp³-hybridized carbons (Fsp3) is 0.571. The SMILES string of the molecule is C/N=C1\CCC(Cl)=CC1Cl. The Balaban J connectivity index is 2.73. The summed E-state index contributed by atoms with van der Waals surface area (Å²) in [6, 6.07) is 0. The molecule has 0 radical (unpaired) electrons. The Kier molecular flexibility index (Phi) is 2.75. The van der Waals surface area contributed by atoms with Gasteiger partial charge in [-0.25, -0.2) is 0 Å². The molecular weight excluding hydrogens is 169 g/mol. The predicted octanol–water partition coefficient (Wildman–Crippen LogP) is 2.58. The van der Waals surface area contributed by atoms with Crippen molar-refractivity contribution in [3.8, 4) is 0 Å². The highest BCUT2D eigenvalue weighted by Crippen LogP contribution is 2.22. The van der Waals surface area contributed by atoms with Crippen LogP contribution in [-0.2, 0) is 0 Å². The molecule has 3 heteroatoms. The lowest BCUT2D eigenvalue weighted by Gasteiger charge is -2.14. The fourth-order valence-electron chi connectivity index (χ4n) is 0.959. The van der Waals surface area contributed by atoms with Crippen LogP contribution in [0.1, 0.15) is 12.8 Å². The van der Waals surface area contributed by atoms with Gasteiger partial charge in [-0.2, -0.15) is 0 Å².